The van der Waals surface area contributed by atoms with E-state index in [-0.39, 0.29) is 11.7 Å². The van der Waals surface area contributed by atoms with Crippen molar-refractivity contribution in [1.29, 1.82) is 0 Å². The second-order valence-electron chi connectivity index (χ2n) is 2.57. The number of rotatable bonds is 4. The van der Waals surface area contributed by atoms with Gasteiger partial charge in [-0.25, -0.2) is 4.99 Å². The van der Waals surface area contributed by atoms with Crippen LogP contribution >= 0.6 is 0 Å². The van der Waals surface area contributed by atoms with Crippen LogP contribution in [0.2, 0.25) is 0 Å². The summed E-state index contributed by atoms with van der Waals surface area (Å²) in [7, 11) is 1.62. The third kappa shape index (κ3) is 5.49. The fraction of sp³-hybridized carbons (Fsp3) is 0.250. The summed E-state index contributed by atoms with van der Waals surface area (Å²) in [5, 5.41) is 1.37. The summed E-state index contributed by atoms with van der Waals surface area (Å²) in [6.07, 6.45) is 1.35. The summed E-state index contributed by atoms with van der Waals surface area (Å²) in [6.45, 7) is 8.46. The molecule has 0 radical (unpaired) electrons. The minimum atomic E-state index is -0.267. The molecular weight excluding hydrogens is 168 g/mol. The zero-order chi connectivity index (χ0) is 10.4. The number of carbonyl (C=O) groups excluding carboxylic acids is 1. The molecule has 0 aliphatic rings. The number of hydrogen-bond acceptors (Lipinski definition) is 3. The summed E-state index contributed by atoms with van der Waals surface area (Å²) in [4.78, 5) is 14.7. The predicted octanol–water partition coefficient (Wildman–Crippen LogP) is -0.0163. The number of carbonyl (C=O) groups is 1. The fourth-order valence-corrected chi connectivity index (χ4v) is 0.445. The average molecular weight is 182 g/mol. The highest BCUT2D eigenvalue weighted by Crippen LogP contribution is 1.86. The Morgan fingerprint density at radius 1 is 1.62 bits per heavy atom. The lowest BCUT2D eigenvalue weighted by molar-refractivity contribution is -0.120. The van der Waals surface area contributed by atoms with Gasteiger partial charge < -0.3 is 5.73 Å². The van der Waals surface area contributed by atoms with E-state index in [2.05, 4.69) is 23.6 Å². The van der Waals surface area contributed by atoms with Crippen LogP contribution in [-0.2, 0) is 4.79 Å². The van der Waals surface area contributed by atoms with Gasteiger partial charge in [-0.2, -0.15) is 0 Å². The molecule has 0 atom stereocenters. The highest BCUT2D eigenvalue weighted by Gasteiger charge is 2.01. The van der Waals surface area contributed by atoms with Gasteiger partial charge in [-0.15, -0.1) is 0 Å². The molecule has 13 heavy (non-hydrogen) atoms. The van der Waals surface area contributed by atoms with Crippen molar-refractivity contribution in [3.05, 3.63) is 24.6 Å². The van der Waals surface area contributed by atoms with E-state index in [1.807, 2.05) is 0 Å². The number of nitrogens with one attached hydrogen (secondary N) is 1. The monoisotopic (exact) mass is 182 g/mol. The Morgan fingerprint density at radius 2 is 2.15 bits per heavy atom. The average Bonchev–Trinajstić information content (AvgIpc) is 2.00. The van der Waals surface area contributed by atoms with E-state index in [1.54, 1.807) is 14.0 Å². The van der Waals surface area contributed by atoms with Crippen molar-refractivity contribution in [2.45, 2.75) is 6.92 Å². The Morgan fingerprint density at radius 3 is 2.54 bits per heavy atom. The third-order valence-corrected chi connectivity index (χ3v) is 1.06. The van der Waals surface area contributed by atoms with Crippen LogP contribution in [0.25, 0.3) is 0 Å². The van der Waals surface area contributed by atoms with Crippen molar-refractivity contribution in [2.24, 2.45) is 10.7 Å². The SMILES string of the molecule is C=C(N)/N=C\N(C)NC(=O)C(=C)C. The van der Waals surface area contributed by atoms with Gasteiger partial charge in [0.1, 0.15) is 12.2 Å². The lowest BCUT2D eigenvalue weighted by Crippen LogP contribution is -2.38. The molecule has 0 fully saturated rings. The molecule has 0 unspecified atom stereocenters. The van der Waals surface area contributed by atoms with Gasteiger partial charge in [-0.3, -0.25) is 15.2 Å². The van der Waals surface area contributed by atoms with Gasteiger partial charge >= 0.3 is 0 Å². The molecule has 0 spiro atoms. The van der Waals surface area contributed by atoms with Gasteiger partial charge in [0, 0.05) is 12.6 Å². The van der Waals surface area contributed by atoms with E-state index in [9.17, 15) is 4.79 Å². The van der Waals surface area contributed by atoms with Gasteiger partial charge in [-0.05, 0) is 6.92 Å². The summed E-state index contributed by atoms with van der Waals surface area (Å²) in [6, 6.07) is 0. The molecule has 3 N–H and O–H groups in total. The van der Waals surface area contributed by atoms with Crippen molar-refractivity contribution in [2.75, 3.05) is 7.05 Å². The summed E-state index contributed by atoms with van der Waals surface area (Å²) < 4.78 is 0. The van der Waals surface area contributed by atoms with Crippen molar-refractivity contribution in [1.82, 2.24) is 10.4 Å². The lowest BCUT2D eigenvalue weighted by atomic mass is 10.3. The van der Waals surface area contributed by atoms with Crippen LogP contribution in [0.4, 0.5) is 0 Å². The van der Waals surface area contributed by atoms with Crippen LogP contribution in [-0.4, -0.2) is 24.3 Å². The molecular formula is C8H14N4O. The minimum absolute atomic E-state index is 0.177. The molecule has 0 aliphatic heterocycles. The van der Waals surface area contributed by atoms with Crippen molar-refractivity contribution in [3.63, 3.8) is 0 Å². The molecule has 0 bridgehead atoms. The predicted molar refractivity (Wildman–Crippen MR) is 52.5 cm³/mol. The molecule has 0 saturated heterocycles. The smallest absolute Gasteiger partial charge is 0.264 e. The molecule has 0 rings (SSSR count). The number of nitrogens with zero attached hydrogens (tertiary/aromatic N) is 2. The maximum atomic E-state index is 11.0. The van der Waals surface area contributed by atoms with Crippen molar-refractivity contribution < 1.29 is 4.79 Å². The summed E-state index contributed by atoms with van der Waals surface area (Å²) >= 11 is 0. The molecule has 0 heterocycles. The van der Waals surface area contributed by atoms with Crippen molar-refractivity contribution in [3.8, 4) is 0 Å². The molecule has 5 heteroatoms. The second kappa shape index (κ2) is 4.97. The topological polar surface area (TPSA) is 70.7 Å². The normalized spacial score (nSPS) is 9.69. The molecule has 0 saturated carbocycles. The van der Waals surface area contributed by atoms with Crippen LogP contribution in [0.5, 0.6) is 0 Å². The van der Waals surface area contributed by atoms with E-state index in [0.717, 1.165) is 0 Å². The first-order valence-corrected chi connectivity index (χ1v) is 3.61. The molecule has 0 aromatic rings. The fourth-order valence-electron chi connectivity index (χ4n) is 0.445. The van der Waals surface area contributed by atoms with Crippen LogP contribution < -0.4 is 11.2 Å². The van der Waals surface area contributed by atoms with E-state index in [1.165, 1.54) is 11.3 Å². The molecule has 0 aromatic heterocycles. The van der Waals surface area contributed by atoms with Gasteiger partial charge in [0.2, 0.25) is 0 Å². The van der Waals surface area contributed by atoms with Crippen LogP contribution in [0.15, 0.2) is 29.5 Å². The first-order chi connectivity index (χ1) is 5.93. The Hall–Kier alpha value is -1.78. The maximum Gasteiger partial charge on any atom is 0.264 e. The Balaban J connectivity index is 4.01. The number of aliphatic imine (C=N–C) groups is 1. The Kier molecular flexibility index (Phi) is 4.29. The summed E-state index contributed by atoms with van der Waals surface area (Å²) in [5.74, 6) is -0.0898. The largest absolute Gasteiger partial charge is 0.384 e. The summed E-state index contributed by atoms with van der Waals surface area (Å²) in [5.41, 5.74) is 8.09. The quantitative estimate of drug-likeness (QED) is 0.278. The number of hydrogen-bond donors (Lipinski definition) is 2. The molecule has 5 nitrogen and oxygen atoms in total. The molecule has 0 aromatic carbocycles. The Bertz CT molecular complexity index is 257. The van der Waals surface area contributed by atoms with Gasteiger partial charge in [0.25, 0.3) is 5.91 Å². The van der Waals surface area contributed by atoms with Crippen LogP contribution in [0, 0.1) is 0 Å². The second-order valence-corrected chi connectivity index (χ2v) is 2.57. The van der Waals surface area contributed by atoms with Crippen LogP contribution in [0.1, 0.15) is 6.92 Å². The van der Waals surface area contributed by atoms with Crippen molar-refractivity contribution >= 4 is 12.2 Å². The van der Waals surface area contributed by atoms with E-state index in [0.29, 0.717) is 5.57 Å². The lowest BCUT2D eigenvalue weighted by Gasteiger charge is -2.13. The highest BCUT2D eigenvalue weighted by atomic mass is 16.2. The Labute approximate surface area is 77.6 Å². The highest BCUT2D eigenvalue weighted by molar-refractivity contribution is 5.92. The van der Waals surface area contributed by atoms with Gasteiger partial charge in [0.15, 0.2) is 0 Å². The number of nitrogens with two attached hydrogens (primary N) is 1. The zero-order valence-corrected chi connectivity index (χ0v) is 7.87. The molecule has 72 valence electrons. The first-order valence-electron chi connectivity index (χ1n) is 3.61. The zero-order valence-electron chi connectivity index (χ0n) is 7.87. The van der Waals surface area contributed by atoms with E-state index in [4.69, 9.17) is 5.73 Å². The molecule has 1 amide bonds. The molecule has 0 aliphatic carbocycles. The minimum Gasteiger partial charge on any atom is -0.384 e. The third-order valence-electron chi connectivity index (χ3n) is 1.06. The number of hydrazine groups is 1. The van der Waals surface area contributed by atoms with Gasteiger partial charge in [0.05, 0.1) is 0 Å². The van der Waals surface area contributed by atoms with E-state index >= 15 is 0 Å². The first kappa shape index (κ1) is 11.2. The van der Waals surface area contributed by atoms with E-state index < -0.39 is 0 Å². The van der Waals surface area contributed by atoms with Gasteiger partial charge in [-0.1, -0.05) is 13.2 Å². The van der Waals surface area contributed by atoms with Crippen LogP contribution in [0.3, 0.4) is 0 Å². The standard InChI is InChI=1S/C8H14N4O/c1-6(2)8(13)11-12(4)5-10-7(3)9/h5H,1,3,9H2,2,4H3,(H,11,13)/b10-5-. The maximum absolute atomic E-state index is 11.0. The number of amides is 1.